The maximum Gasteiger partial charge on any atom is 0.244 e. The molecule has 3 aromatic carbocycles. The SMILES string of the molecule is COc1ccc(N(CC(=O)N(Cc2ccc(Cl)c(Cl)c2)[C@H](Cc2ccccc2)C(=O)NC(C)(C)C)S(C)(=O)=O)cc1OC. The minimum atomic E-state index is -3.96. The third kappa shape index (κ3) is 9.51. The molecule has 0 bridgehead atoms. The number of sulfonamides is 1. The summed E-state index contributed by atoms with van der Waals surface area (Å²) >= 11 is 12.4. The third-order valence-electron chi connectivity index (χ3n) is 6.44. The molecule has 0 aromatic heterocycles. The Morgan fingerprint density at radius 2 is 1.53 bits per heavy atom. The first-order valence-corrected chi connectivity index (χ1v) is 16.0. The van der Waals surface area contributed by atoms with Gasteiger partial charge in [-0.15, -0.1) is 0 Å². The van der Waals surface area contributed by atoms with Crippen molar-refractivity contribution in [1.29, 1.82) is 0 Å². The summed E-state index contributed by atoms with van der Waals surface area (Å²) in [5.74, 6) is -0.299. The lowest BCUT2D eigenvalue weighted by atomic mass is 10.0. The first-order chi connectivity index (χ1) is 20.1. The van der Waals surface area contributed by atoms with Crippen molar-refractivity contribution in [2.24, 2.45) is 0 Å². The van der Waals surface area contributed by atoms with Gasteiger partial charge in [-0.2, -0.15) is 0 Å². The number of anilines is 1. The maximum absolute atomic E-state index is 14.2. The van der Waals surface area contributed by atoms with Gasteiger partial charge in [0.25, 0.3) is 0 Å². The van der Waals surface area contributed by atoms with Crippen LogP contribution in [0.25, 0.3) is 0 Å². The molecule has 0 heterocycles. The summed E-state index contributed by atoms with van der Waals surface area (Å²) in [5.41, 5.74) is 1.04. The molecule has 0 saturated heterocycles. The van der Waals surface area contributed by atoms with Crippen LogP contribution in [0.5, 0.6) is 11.5 Å². The summed E-state index contributed by atoms with van der Waals surface area (Å²) in [6.45, 7) is 4.92. The Balaban J connectivity index is 2.12. The van der Waals surface area contributed by atoms with Crippen molar-refractivity contribution in [3.8, 4) is 11.5 Å². The summed E-state index contributed by atoms with van der Waals surface area (Å²) in [6, 6.07) is 17.8. The molecule has 0 aliphatic rings. The minimum absolute atomic E-state index is 0.0334. The van der Waals surface area contributed by atoms with E-state index in [2.05, 4.69) is 5.32 Å². The van der Waals surface area contributed by atoms with Gasteiger partial charge in [-0.1, -0.05) is 59.6 Å². The first kappa shape index (κ1) is 34.0. The highest BCUT2D eigenvalue weighted by molar-refractivity contribution is 7.92. The maximum atomic E-state index is 14.2. The summed E-state index contributed by atoms with van der Waals surface area (Å²) in [4.78, 5) is 29.4. The Morgan fingerprint density at radius 1 is 0.884 bits per heavy atom. The van der Waals surface area contributed by atoms with E-state index in [1.54, 1.807) is 24.3 Å². The predicted molar refractivity (Wildman–Crippen MR) is 171 cm³/mol. The average Bonchev–Trinajstić information content (AvgIpc) is 2.94. The average molecular weight is 651 g/mol. The highest BCUT2D eigenvalue weighted by Gasteiger charge is 2.34. The van der Waals surface area contributed by atoms with Crippen LogP contribution in [0.15, 0.2) is 66.7 Å². The second-order valence-corrected chi connectivity index (χ2v) is 13.7. The largest absolute Gasteiger partial charge is 0.493 e. The fraction of sp³-hybridized carbons (Fsp3) is 0.355. The Morgan fingerprint density at radius 3 is 2.09 bits per heavy atom. The lowest BCUT2D eigenvalue weighted by Gasteiger charge is -2.35. The van der Waals surface area contributed by atoms with Crippen molar-refractivity contribution in [2.75, 3.05) is 31.3 Å². The molecule has 3 aromatic rings. The predicted octanol–water partition coefficient (Wildman–Crippen LogP) is 5.33. The van der Waals surface area contributed by atoms with Gasteiger partial charge in [-0.05, 0) is 56.2 Å². The van der Waals surface area contributed by atoms with E-state index < -0.39 is 34.1 Å². The van der Waals surface area contributed by atoms with Gasteiger partial charge >= 0.3 is 0 Å². The number of carbonyl (C=O) groups excluding carboxylic acids is 2. The zero-order valence-corrected chi connectivity index (χ0v) is 27.4. The van der Waals surface area contributed by atoms with Crippen molar-refractivity contribution in [1.82, 2.24) is 10.2 Å². The second kappa shape index (κ2) is 14.3. The molecule has 2 amide bonds. The van der Waals surface area contributed by atoms with Crippen molar-refractivity contribution >= 4 is 50.7 Å². The van der Waals surface area contributed by atoms with Crippen LogP contribution in [-0.2, 0) is 32.6 Å². The molecular weight excluding hydrogens is 613 g/mol. The van der Waals surface area contributed by atoms with E-state index in [4.69, 9.17) is 32.7 Å². The molecule has 0 saturated carbocycles. The smallest absolute Gasteiger partial charge is 0.244 e. The molecule has 0 spiro atoms. The Kier molecular flexibility index (Phi) is 11.3. The van der Waals surface area contributed by atoms with E-state index in [-0.39, 0.29) is 29.6 Å². The molecule has 0 fully saturated rings. The highest BCUT2D eigenvalue weighted by Crippen LogP contribution is 2.33. The van der Waals surface area contributed by atoms with E-state index in [1.165, 1.54) is 31.3 Å². The fourth-order valence-corrected chi connectivity index (χ4v) is 5.60. The molecular formula is C31H37Cl2N3O6S. The van der Waals surface area contributed by atoms with Crippen LogP contribution in [0.3, 0.4) is 0 Å². The second-order valence-electron chi connectivity index (χ2n) is 11.0. The number of halogens is 2. The van der Waals surface area contributed by atoms with E-state index in [0.29, 0.717) is 22.1 Å². The molecule has 0 radical (unpaired) electrons. The van der Waals surface area contributed by atoms with Gasteiger partial charge in [0.05, 0.1) is 36.2 Å². The topological polar surface area (TPSA) is 105 Å². The van der Waals surface area contributed by atoms with Gasteiger partial charge in [0, 0.05) is 24.6 Å². The van der Waals surface area contributed by atoms with E-state index in [9.17, 15) is 18.0 Å². The highest BCUT2D eigenvalue weighted by atomic mass is 35.5. The summed E-state index contributed by atoms with van der Waals surface area (Å²) in [7, 11) is -1.07. The van der Waals surface area contributed by atoms with Gasteiger partial charge in [-0.3, -0.25) is 13.9 Å². The number of ether oxygens (including phenoxy) is 2. The number of rotatable bonds is 12. The van der Waals surface area contributed by atoms with Crippen molar-refractivity contribution in [3.05, 3.63) is 87.9 Å². The number of methoxy groups -OCH3 is 2. The quantitative estimate of drug-likeness (QED) is 0.284. The van der Waals surface area contributed by atoms with Crippen LogP contribution in [0.2, 0.25) is 10.0 Å². The van der Waals surface area contributed by atoms with Gasteiger partial charge in [0.1, 0.15) is 12.6 Å². The van der Waals surface area contributed by atoms with Crippen molar-refractivity contribution < 1.29 is 27.5 Å². The lowest BCUT2D eigenvalue weighted by Crippen LogP contribution is -2.56. The monoisotopic (exact) mass is 649 g/mol. The van der Waals surface area contributed by atoms with E-state index in [1.807, 2.05) is 51.1 Å². The lowest BCUT2D eigenvalue weighted by molar-refractivity contribution is -0.140. The number of hydrogen-bond acceptors (Lipinski definition) is 6. The molecule has 3 rings (SSSR count). The first-order valence-electron chi connectivity index (χ1n) is 13.4. The fourth-order valence-electron chi connectivity index (χ4n) is 4.44. The van der Waals surface area contributed by atoms with Crippen molar-refractivity contribution in [3.63, 3.8) is 0 Å². The van der Waals surface area contributed by atoms with Gasteiger partial charge in [0.2, 0.25) is 21.8 Å². The zero-order chi connectivity index (χ0) is 31.9. The summed E-state index contributed by atoms with van der Waals surface area (Å²) in [6.07, 6.45) is 1.19. The minimum Gasteiger partial charge on any atom is -0.493 e. The zero-order valence-electron chi connectivity index (χ0n) is 25.1. The van der Waals surface area contributed by atoms with E-state index in [0.717, 1.165) is 16.1 Å². The molecule has 43 heavy (non-hydrogen) atoms. The van der Waals surface area contributed by atoms with Crippen LogP contribution >= 0.6 is 23.2 Å². The number of hydrogen-bond donors (Lipinski definition) is 1. The van der Waals surface area contributed by atoms with Gasteiger partial charge in [-0.25, -0.2) is 8.42 Å². The molecule has 9 nitrogen and oxygen atoms in total. The van der Waals surface area contributed by atoms with Crippen LogP contribution in [0, 0.1) is 0 Å². The van der Waals surface area contributed by atoms with Crippen LogP contribution in [0.1, 0.15) is 31.9 Å². The molecule has 1 N–H and O–H groups in total. The van der Waals surface area contributed by atoms with Crippen LogP contribution < -0.4 is 19.1 Å². The molecule has 12 heteroatoms. The Bertz CT molecular complexity index is 1540. The number of benzene rings is 3. The Labute approximate surface area is 263 Å². The van der Waals surface area contributed by atoms with Gasteiger partial charge in [0.15, 0.2) is 11.5 Å². The number of nitrogens with one attached hydrogen (secondary N) is 1. The molecule has 1 atom stereocenters. The standard InChI is InChI=1S/C31H37Cl2N3O6S/c1-31(2,3)34-30(38)26(17-21-10-8-7-9-11-21)35(19-22-12-14-24(32)25(33)16-22)29(37)20-36(43(6,39)40)23-13-15-27(41-4)28(18-23)42-5/h7-16,18,26H,17,19-20H2,1-6H3,(H,34,38)/t26-/m1/s1. The summed E-state index contributed by atoms with van der Waals surface area (Å²) in [5, 5.41) is 3.61. The molecule has 0 aliphatic carbocycles. The molecule has 0 aliphatic heterocycles. The normalized spacial score (nSPS) is 12.3. The Hall–Kier alpha value is -3.47. The van der Waals surface area contributed by atoms with Crippen LogP contribution in [0.4, 0.5) is 5.69 Å². The number of nitrogens with zero attached hydrogens (tertiary/aromatic N) is 2. The molecule has 232 valence electrons. The molecule has 0 unspecified atom stereocenters. The number of carbonyl (C=O) groups is 2. The third-order valence-corrected chi connectivity index (χ3v) is 8.32. The van der Waals surface area contributed by atoms with Crippen LogP contribution in [-0.4, -0.2) is 63.7 Å². The summed E-state index contributed by atoms with van der Waals surface area (Å²) < 4.78 is 37.7. The van der Waals surface area contributed by atoms with E-state index >= 15 is 0 Å². The van der Waals surface area contributed by atoms with Crippen molar-refractivity contribution in [2.45, 2.75) is 45.3 Å². The van der Waals surface area contributed by atoms with Gasteiger partial charge < -0.3 is 19.7 Å². The number of amides is 2.